The van der Waals surface area contributed by atoms with Gasteiger partial charge in [-0.25, -0.2) is 0 Å². The second-order valence-corrected chi connectivity index (χ2v) is 13.1. The van der Waals surface area contributed by atoms with Gasteiger partial charge in [-0.3, -0.25) is 9.69 Å². The van der Waals surface area contributed by atoms with Gasteiger partial charge in [-0.05, 0) is 81.2 Å². The predicted molar refractivity (Wildman–Crippen MR) is 151 cm³/mol. The fraction of sp³-hybridized carbons (Fsp3) is 0.667. The highest BCUT2D eigenvalue weighted by Crippen LogP contribution is 2.46. The molecule has 0 aromatic heterocycles. The third-order valence-corrected chi connectivity index (χ3v) is 9.86. The summed E-state index contributed by atoms with van der Waals surface area (Å²) in [5.41, 5.74) is -0.341. The van der Waals surface area contributed by atoms with Gasteiger partial charge in [-0.1, -0.05) is 44.5 Å². The molecular formula is C33H41F6NO3. The van der Waals surface area contributed by atoms with Gasteiger partial charge in [-0.2, -0.15) is 26.3 Å². The van der Waals surface area contributed by atoms with E-state index in [2.05, 4.69) is 4.90 Å². The van der Waals surface area contributed by atoms with Crippen molar-refractivity contribution in [2.75, 3.05) is 0 Å². The topological polar surface area (TPSA) is 38.8 Å². The number of fused-ring (bicyclic) bond motifs is 3. The maximum atomic E-state index is 14.7. The Balaban J connectivity index is 1.40. The van der Waals surface area contributed by atoms with Crippen LogP contribution >= 0.6 is 0 Å². The molecule has 10 heteroatoms. The molecule has 2 aliphatic heterocycles. The van der Waals surface area contributed by atoms with Gasteiger partial charge in [0, 0.05) is 24.0 Å². The van der Waals surface area contributed by atoms with Gasteiger partial charge in [0.05, 0.1) is 17.9 Å². The van der Waals surface area contributed by atoms with Crippen LogP contribution < -0.4 is 4.74 Å². The molecular weight excluding hydrogens is 572 g/mol. The first-order chi connectivity index (χ1) is 20.2. The van der Waals surface area contributed by atoms with Crippen LogP contribution in [0.4, 0.5) is 26.3 Å². The van der Waals surface area contributed by atoms with Gasteiger partial charge >= 0.3 is 18.3 Å². The molecule has 2 saturated heterocycles. The molecule has 1 aliphatic carbocycles. The summed E-state index contributed by atoms with van der Waals surface area (Å²) in [6, 6.07) is 8.14. The van der Waals surface area contributed by atoms with Crippen LogP contribution in [0.5, 0.6) is 5.75 Å². The lowest BCUT2D eigenvalue weighted by atomic mass is 9.78. The van der Waals surface area contributed by atoms with Gasteiger partial charge < -0.3 is 9.47 Å². The monoisotopic (exact) mass is 613 g/mol. The molecule has 43 heavy (non-hydrogen) atoms. The highest BCUT2D eigenvalue weighted by Gasteiger charge is 2.44. The minimum atomic E-state index is -4.73. The van der Waals surface area contributed by atoms with Crippen LogP contribution in [0.25, 0.3) is 10.8 Å². The van der Waals surface area contributed by atoms with Crippen LogP contribution in [0.15, 0.2) is 30.3 Å². The molecule has 0 spiro atoms. The van der Waals surface area contributed by atoms with Crippen LogP contribution in [0, 0.1) is 17.8 Å². The average molecular weight is 614 g/mol. The Labute approximate surface area is 249 Å². The fourth-order valence-corrected chi connectivity index (χ4v) is 7.18. The zero-order chi connectivity index (χ0) is 31.1. The molecule has 5 rings (SSSR count). The second-order valence-electron chi connectivity index (χ2n) is 13.1. The summed E-state index contributed by atoms with van der Waals surface area (Å²) in [5, 5.41) is 0.506. The van der Waals surface area contributed by atoms with Gasteiger partial charge in [0.2, 0.25) is 0 Å². The summed E-state index contributed by atoms with van der Waals surface area (Å²) in [4.78, 5) is 15.2. The van der Waals surface area contributed by atoms with E-state index in [0.717, 1.165) is 19.3 Å². The zero-order valence-electron chi connectivity index (χ0n) is 24.9. The van der Waals surface area contributed by atoms with Crippen LogP contribution in [0.3, 0.4) is 0 Å². The van der Waals surface area contributed by atoms with Gasteiger partial charge in [0.1, 0.15) is 17.4 Å². The molecule has 2 aromatic rings. The van der Waals surface area contributed by atoms with E-state index in [1.165, 1.54) is 6.07 Å². The Morgan fingerprint density at radius 3 is 2.14 bits per heavy atom. The summed E-state index contributed by atoms with van der Waals surface area (Å²) in [6.07, 6.45) is -6.15. The number of nitrogens with zero attached hydrogens (tertiary/aromatic N) is 1. The van der Waals surface area contributed by atoms with E-state index in [0.29, 0.717) is 30.3 Å². The molecule has 4 nitrogen and oxygen atoms in total. The van der Waals surface area contributed by atoms with Crippen LogP contribution in [0.1, 0.15) is 89.7 Å². The smallest absolute Gasteiger partial charge is 0.420 e. The van der Waals surface area contributed by atoms with E-state index >= 15 is 0 Å². The Kier molecular flexibility index (Phi) is 9.27. The first-order valence-electron chi connectivity index (χ1n) is 15.5. The third-order valence-electron chi connectivity index (χ3n) is 9.86. The summed E-state index contributed by atoms with van der Waals surface area (Å²) < 4.78 is 95.2. The number of halogens is 6. The Hall–Kier alpha value is -2.49. The highest BCUT2D eigenvalue weighted by molar-refractivity contribution is 5.91. The molecule has 2 bridgehead atoms. The second kappa shape index (κ2) is 12.5. The molecule has 1 saturated carbocycles. The van der Waals surface area contributed by atoms with E-state index in [1.807, 2.05) is 20.8 Å². The van der Waals surface area contributed by atoms with Gasteiger partial charge in [0.15, 0.2) is 0 Å². The van der Waals surface area contributed by atoms with Crippen molar-refractivity contribution in [1.82, 2.24) is 4.90 Å². The predicted octanol–water partition coefficient (Wildman–Crippen LogP) is 9.08. The van der Waals surface area contributed by atoms with Gasteiger partial charge in [-0.15, -0.1) is 0 Å². The molecule has 3 fully saturated rings. The summed E-state index contributed by atoms with van der Waals surface area (Å²) in [7, 11) is 0. The number of benzene rings is 2. The van der Waals surface area contributed by atoms with Crippen LogP contribution in [-0.2, 0) is 22.3 Å². The largest absolute Gasteiger partial charge is 0.490 e. The van der Waals surface area contributed by atoms with Crippen molar-refractivity contribution in [3.05, 3.63) is 41.5 Å². The third kappa shape index (κ3) is 7.10. The van der Waals surface area contributed by atoms with E-state index in [1.54, 1.807) is 24.3 Å². The summed E-state index contributed by atoms with van der Waals surface area (Å²) >= 11 is 0. The van der Waals surface area contributed by atoms with Crippen molar-refractivity contribution in [2.24, 2.45) is 17.8 Å². The Bertz CT molecular complexity index is 1270. The number of rotatable bonds is 7. The number of piperidine rings is 2. The van der Waals surface area contributed by atoms with Crippen molar-refractivity contribution in [1.29, 1.82) is 0 Å². The summed E-state index contributed by atoms with van der Waals surface area (Å²) in [5.74, 6) is -1.97. The number of ether oxygens (including phenoxy) is 2. The summed E-state index contributed by atoms with van der Waals surface area (Å²) in [6.45, 7) is 6.20. The quantitative estimate of drug-likeness (QED) is 0.231. The Morgan fingerprint density at radius 1 is 0.907 bits per heavy atom. The number of hydrogen-bond acceptors (Lipinski definition) is 4. The standard InChI is InChI=1S/C33H41F6NO3/c1-19(2)20(3)42-31(41)23-16-25-8-5-9-26(17-23)40(25)18-22-7-4-6-21-10-15-28(30(29(21)22)33(37,38)39)43-27-13-11-24(12-14-27)32(34,35)36/h4,6-7,10,15,19-20,23-27H,5,8-9,11-14,16-18H2,1-3H3. The SMILES string of the molecule is CC(C)C(C)OC(=O)C1CC2CCCC(C1)N2Cc1cccc2ccc(OC3CCC(C(F)(F)F)CC3)c(C(F)(F)F)c12. The molecule has 0 amide bonds. The van der Waals surface area contributed by atoms with Crippen LogP contribution in [-0.4, -0.2) is 41.3 Å². The highest BCUT2D eigenvalue weighted by atomic mass is 19.4. The van der Waals surface area contributed by atoms with Crippen molar-refractivity contribution in [2.45, 2.75) is 122 Å². The zero-order valence-corrected chi connectivity index (χ0v) is 24.9. The van der Waals surface area contributed by atoms with E-state index in [9.17, 15) is 31.1 Å². The molecule has 3 atom stereocenters. The maximum Gasteiger partial charge on any atom is 0.420 e. The maximum absolute atomic E-state index is 14.7. The molecule has 3 aliphatic rings. The first-order valence-corrected chi connectivity index (χ1v) is 15.5. The van der Waals surface area contributed by atoms with Crippen molar-refractivity contribution >= 4 is 16.7 Å². The molecule has 2 heterocycles. The molecule has 2 aromatic carbocycles. The fourth-order valence-electron chi connectivity index (χ4n) is 7.18. The number of esters is 1. The van der Waals surface area contributed by atoms with E-state index < -0.39 is 29.9 Å². The van der Waals surface area contributed by atoms with Crippen molar-refractivity contribution in [3.63, 3.8) is 0 Å². The first kappa shape index (κ1) is 31.9. The van der Waals surface area contributed by atoms with Gasteiger partial charge in [0.25, 0.3) is 0 Å². The minimum absolute atomic E-state index is 0.0534. The average Bonchev–Trinajstić information content (AvgIpc) is 2.92. The Morgan fingerprint density at radius 2 is 1.56 bits per heavy atom. The van der Waals surface area contributed by atoms with E-state index in [4.69, 9.17) is 9.47 Å². The number of hydrogen-bond donors (Lipinski definition) is 0. The molecule has 0 radical (unpaired) electrons. The molecule has 238 valence electrons. The van der Waals surface area contributed by atoms with Crippen LogP contribution in [0.2, 0.25) is 0 Å². The lowest BCUT2D eigenvalue weighted by molar-refractivity contribution is -0.185. The number of alkyl halides is 6. The van der Waals surface area contributed by atoms with Crippen molar-refractivity contribution < 1.29 is 40.6 Å². The lowest BCUT2D eigenvalue weighted by Gasteiger charge is -2.48. The number of carbonyl (C=O) groups is 1. The van der Waals surface area contributed by atoms with Crippen molar-refractivity contribution in [3.8, 4) is 5.75 Å². The molecule has 0 N–H and O–H groups in total. The lowest BCUT2D eigenvalue weighted by Crippen LogP contribution is -2.53. The van der Waals surface area contributed by atoms with E-state index in [-0.39, 0.29) is 72.8 Å². The number of carbonyl (C=O) groups excluding carboxylic acids is 1. The molecule has 3 unspecified atom stereocenters. The normalized spacial score (nSPS) is 27.7. The minimum Gasteiger partial charge on any atom is -0.490 e.